The van der Waals surface area contributed by atoms with Gasteiger partial charge in [0.25, 0.3) is 0 Å². The zero-order chi connectivity index (χ0) is 46.0. The molecule has 1 saturated carbocycles. The fraction of sp³-hybridized carbons (Fsp3) is 0.789. The van der Waals surface area contributed by atoms with Crippen molar-refractivity contribution in [1.29, 1.82) is 0 Å². The maximum absolute atomic E-state index is 13.4. The van der Waals surface area contributed by atoms with E-state index in [1.165, 1.54) is 122 Å². The second kappa shape index (κ2) is 41.9. The fourth-order valence-corrected chi connectivity index (χ4v) is 9.00. The summed E-state index contributed by atoms with van der Waals surface area (Å²) in [5.41, 5.74) is 0. The smallest absolute Gasteiger partial charge is 0.310 e. The van der Waals surface area contributed by atoms with Gasteiger partial charge in [-0.3, -0.25) is 9.59 Å². The normalized spacial score (nSPS) is 20.1. The number of allylic oxidation sites excluding steroid dienone is 10. The van der Waals surface area contributed by atoms with Crippen LogP contribution >= 0.6 is 0 Å². The number of hydrogen-bond acceptors (Lipinski definition) is 7. The van der Waals surface area contributed by atoms with E-state index >= 15 is 0 Å². The van der Waals surface area contributed by atoms with E-state index in [1.807, 2.05) is 0 Å². The minimum absolute atomic E-state index is 0.0460. The highest BCUT2D eigenvalue weighted by Gasteiger charge is 2.40. The van der Waals surface area contributed by atoms with Crippen LogP contribution in [0.15, 0.2) is 60.8 Å². The van der Waals surface area contributed by atoms with Gasteiger partial charge in [-0.2, -0.15) is 0 Å². The SMILES string of the molecule is CC/C=C\CC1C(CC(=O)OCC(COCCCCCCCC/C=C\C/C=C\CCCCC)OCCCCCCCC/C=C\C/C=C\CCCCC)CCC1OC(=O)C1CCN(C)C1. The van der Waals surface area contributed by atoms with Crippen molar-refractivity contribution in [2.24, 2.45) is 17.8 Å². The molecule has 0 amide bonds. The molecule has 0 aromatic carbocycles. The molecule has 1 saturated heterocycles. The van der Waals surface area contributed by atoms with Crippen molar-refractivity contribution >= 4 is 11.9 Å². The lowest BCUT2D eigenvalue weighted by molar-refractivity contribution is -0.156. The van der Waals surface area contributed by atoms with Gasteiger partial charge >= 0.3 is 11.9 Å². The van der Waals surface area contributed by atoms with Crippen LogP contribution in [-0.4, -0.2) is 75.6 Å². The molecule has 0 aromatic heterocycles. The van der Waals surface area contributed by atoms with Gasteiger partial charge in [-0.25, -0.2) is 0 Å². The molecule has 1 aliphatic heterocycles. The molecule has 64 heavy (non-hydrogen) atoms. The van der Waals surface area contributed by atoms with Gasteiger partial charge in [-0.05, 0) is 129 Å². The minimum Gasteiger partial charge on any atom is -0.463 e. The van der Waals surface area contributed by atoms with Gasteiger partial charge < -0.3 is 23.8 Å². The third-order valence-corrected chi connectivity index (χ3v) is 13.1. The molecule has 0 spiro atoms. The summed E-state index contributed by atoms with van der Waals surface area (Å²) in [6, 6.07) is 0. The predicted molar refractivity (Wildman–Crippen MR) is 271 cm³/mol. The highest BCUT2D eigenvalue weighted by atomic mass is 16.6. The van der Waals surface area contributed by atoms with Crippen LogP contribution in [-0.2, 0) is 28.5 Å². The Morgan fingerprint density at radius 2 is 1.14 bits per heavy atom. The predicted octanol–water partition coefficient (Wildman–Crippen LogP) is 15.2. The Balaban J connectivity index is 1.72. The Morgan fingerprint density at radius 1 is 0.594 bits per heavy atom. The number of carbonyl (C=O) groups excluding carboxylic acids is 2. The van der Waals surface area contributed by atoms with Crippen LogP contribution in [0.1, 0.15) is 213 Å². The number of nitrogens with zero attached hydrogens (tertiary/aromatic N) is 1. The Bertz CT molecular complexity index is 1260. The van der Waals surface area contributed by atoms with Crippen molar-refractivity contribution in [2.75, 3.05) is 46.6 Å². The molecular formula is C57H99NO6. The topological polar surface area (TPSA) is 74.3 Å². The maximum Gasteiger partial charge on any atom is 0.310 e. The van der Waals surface area contributed by atoms with Gasteiger partial charge in [0.2, 0.25) is 0 Å². The zero-order valence-electron chi connectivity index (χ0n) is 42.0. The third kappa shape index (κ3) is 31.4. The molecule has 1 aliphatic carbocycles. The van der Waals surface area contributed by atoms with E-state index in [-0.39, 0.29) is 48.5 Å². The molecule has 0 aromatic rings. The summed E-state index contributed by atoms with van der Waals surface area (Å²) < 4.78 is 24.5. The molecule has 5 atom stereocenters. The van der Waals surface area contributed by atoms with Crippen LogP contribution in [0, 0.1) is 17.8 Å². The van der Waals surface area contributed by atoms with Gasteiger partial charge in [-0.15, -0.1) is 0 Å². The molecule has 2 fully saturated rings. The average Bonchev–Trinajstić information content (AvgIpc) is 3.90. The fourth-order valence-electron chi connectivity index (χ4n) is 9.00. The molecule has 5 unspecified atom stereocenters. The first-order valence-electron chi connectivity index (χ1n) is 27.0. The highest BCUT2D eigenvalue weighted by Crippen LogP contribution is 2.40. The van der Waals surface area contributed by atoms with Crippen LogP contribution in [0.25, 0.3) is 0 Å². The second-order valence-electron chi connectivity index (χ2n) is 19.0. The van der Waals surface area contributed by atoms with Crippen LogP contribution in [0.5, 0.6) is 0 Å². The second-order valence-corrected chi connectivity index (χ2v) is 19.0. The molecule has 0 bridgehead atoms. The molecule has 1 heterocycles. The van der Waals surface area contributed by atoms with E-state index in [1.54, 1.807) is 0 Å². The van der Waals surface area contributed by atoms with Gasteiger partial charge in [0.15, 0.2) is 0 Å². The summed E-state index contributed by atoms with van der Waals surface area (Å²) in [7, 11) is 2.06. The van der Waals surface area contributed by atoms with Crippen molar-refractivity contribution < 1.29 is 28.5 Å². The van der Waals surface area contributed by atoms with E-state index in [2.05, 4.69) is 93.5 Å². The number of carbonyl (C=O) groups is 2. The summed E-state index contributed by atoms with van der Waals surface area (Å²) in [6.45, 7) is 10.4. The summed E-state index contributed by atoms with van der Waals surface area (Å²) in [5.74, 6) is -0.0403. The third-order valence-electron chi connectivity index (χ3n) is 13.1. The quantitative estimate of drug-likeness (QED) is 0.0343. The van der Waals surface area contributed by atoms with Crippen LogP contribution in [0.3, 0.4) is 0 Å². The summed E-state index contributed by atoms with van der Waals surface area (Å²) in [6.07, 6.45) is 56.5. The highest BCUT2D eigenvalue weighted by molar-refractivity contribution is 5.73. The van der Waals surface area contributed by atoms with Gasteiger partial charge in [0.1, 0.15) is 18.8 Å². The van der Waals surface area contributed by atoms with Crippen molar-refractivity contribution in [3.8, 4) is 0 Å². The van der Waals surface area contributed by atoms with E-state index in [4.69, 9.17) is 18.9 Å². The van der Waals surface area contributed by atoms with Crippen molar-refractivity contribution in [3.63, 3.8) is 0 Å². The monoisotopic (exact) mass is 894 g/mol. The van der Waals surface area contributed by atoms with Gasteiger partial charge in [0, 0.05) is 32.1 Å². The number of likely N-dealkylation sites (tertiary alicyclic amines) is 1. The molecule has 2 aliphatic rings. The Labute approximate surface area is 394 Å². The Morgan fingerprint density at radius 3 is 1.69 bits per heavy atom. The first-order valence-corrected chi connectivity index (χ1v) is 27.0. The van der Waals surface area contributed by atoms with Crippen molar-refractivity contribution in [3.05, 3.63) is 60.8 Å². The van der Waals surface area contributed by atoms with E-state index in [9.17, 15) is 9.59 Å². The maximum atomic E-state index is 13.4. The largest absolute Gasteiger partial charge is 0.463 e. The average molecular weight is 894 g/mol. The number of ether oxygens (including phenoxy) is 4. The van der Waals surface area contributed by atoms with Crippen molar-refractivity contribution in [1.82, 2.24) is 4.90 Å². The lowest BCUT2D eigenvalue weighted by Crippen LogP contribution is -2.31. The zero-order valence-corrected chi connectivity index (χ0v) is 42.0. The Kier molecular flexibility index (Phi) is 37.8. The summed E-state index contributed by atoms with van der Waals surface area (Å²) >= 11 is 0. The number of rotatable bonds is 42. The van der Waals surface area contributed by atoms with Crippen LogP contribution in [0.2, 0.25) is 0 Å². The molecule has 7 nitrogen and oxygen atoms in total. The Hall–Kier alpha value is -2.48. The van der Waals surface area contributed by atoms with E-state index in [0.717, 1.165) is 77.3 Å². The molecule has 0 radical (unpaired) electrons. The molecule has 0 N–H and O–H groups in total. The number of esters is 2. The van der Waals surface area contributed by atoms with E-state index < -0.39 is 0 Å². The van der Waals surface area contributed by atoms with Crippen LogP contribution in [0.4, 0.5) is 0 Å². The molecule has 2 rings (SSSR count). The summed E-state index contributed by atoms with van der Waals surface area (Å²) in [5, 5.41) is 0. The van der Waals surface area contributed by atoms with Gasteiger partial charge in [0.05, 0.1) is 12.5 Å². The standard InChI is InChI=1S/C57H99NO6/c1-5-8-11-13-15-17-19-21-23-25-27-29-31-33-35-38-45-61-49-53(62-46-39-36-34-32-30-28-26-24-22-20-18-16-14-12-9-6-2)50-63-56(59)47-51-41-42-55(54(51)40-37-10-7-3)64-57(60)52-43-44-58(4)48-52/h10,15-18,21-24,37,51-55H,5-9,11-14,19-20,25-36,38-50H2,1-4H3/b17-15-,18-16-,23-21-,24-22-,37-10-. The first-order chi connectivity index (χ1) is 31.5. The molecular weight excluding hydrogens is 795 g/mol. The van der Waals surface area contributed by atoms with Crippen LogP contribution < -0.4 is 0 Å². The first kappa shape index (κ1) is 57.6. The molecule has 7 heteroatoms. The minimum atomic E-state index is -0.267. The number of hydrogen-bond donors (Lipinski definition) is 0. The van der Waals surface area contributed by atoms with Gasteiger partial charge in [-0.1, -0.05) is 159 Å². The lowest BCUT2D eigenvalue weighted by atomic mass is 9.88. The lowest BCUT2D eigenvalue weighted by Gasteiger charge is -2.25. The van der Waals surface area contributed by atoms with Crippen molar-refractivity contribution in [2.45, 2.75) is 226 Å². The molecule has 368 valence electrons. The summed E-state index contributed by atoms with van der Waals surface area (Å²) in [4.78, 5) is 28.6. The number of unbranched alkanes of at least 4 members (excludes halogenated alkanes) is 18. The van der Waals surface area contributed by atoms with E-state index in [0.29, 0.717) is 26.2 Å².